The lowest BCUT2D eigenvalue weighted by molar-refractivity contribution is -0.0171. The molecule has 1 aromatic rings. The zero-order valence-corrected chi connectivity index (χ0v) is 9.74. The Balaban J connectivity index is 2.52. The van der Waals surface area contributed by atoms with Gasteiger partial charge in [-0.15, -0.1) is 0 Å². The molecule has 0 aliphatic carbocycles. The smallest absolute Gasteiger partial charge is 0.189 e. The molecule has 2 rings (SSSR count). The Morgan fingerprint density at radius 2 is 2.12 bits per heavy atom. The third-order valence-electron chi connectivity index (χ3n) is 2.60. The van der Waals surface area contributed by atoms with Crippen molar-refractivity contribution in [3.8, 4) is 11.5 Å². The maximum atomic E-state index is 10.0. The highest BCUT2D eigenvalue weighted by Gasteiger charge is 2.24. The molecule has 0 spiro atoms. The molecule has 4 heteroatoms. The number of rotatable bonds is 2. The molecule has 0 saturated carbocycles. The minimum Gasteiger partial charge on any atom is -0.496 e. The van der Waals surface area contributed by atoms with Gasteiger partial charge in [0.2, 0.25) is 0 Å². The van der Waals surface area contributed by atoms with Crippen LogP contribution in [-0.4, -0.2) is 19.0 Å². The van der Waals surface area contributed by atoms with Gasteiger partial charge in [-0.25, -0.2) is 0 Å². The summed E-state index contributed by atoms with van der Waals surface area (Å²) in [4.78, 5) is 0. The number of aliphatic hydroxyl groups is 1. The van der Waals surface area contributed by atoms with E-state index in [9.17, 15) is 5.11 Å². The van der Waals surface area contributed by atoms with Gasteiger partial charge in [-0.05, 0) is 26.0 Å². The Labute approximate surface area is 94.8 Å². The summed E-state index contributed by atoms with van der Waals surface area (Å²) in [7, 11) is 1.58. The Morgan fingerprint density at radius 1 is 1.38 bits per heavy atom. The average molecular weight is 224 g/mol. The van der Waals surface area contributed by atoms with Crippen molar-refractivity contribution in [3.63, 3.8) is 0 Å². The molecule has 88 valence electrons. The molecular weight excluding hydrogens is 208 g/mol. The van der Waals surface area contributed by atoms with Crippen LogP contribution in [0, 0.1) is 0 Å². The van der Waals surface area contributed by atoms with Crippen LogP contribution in [0.3, 0.4) is 0 Å². The fourth-order valence-corrected chi connectivity index (χ4v) is 1.75. The van der Waals surface area contributed by atoms with Crippen LogP contribution in [0.1, 0.15) is 25.0 Å². The predicted molar refractivity (Wildman–Crippen MR) is 58.5 cm³/mol. The molecular formula is C12H16O4. The summed E-state index contributed by atoms with van der Waals surface area (Å²) in [6.45, 7) is 4.20. The van der Waals surface area contributed by atoms with Gasteiger partial charge >= 0.3 is 0 Å². The maximum absolute atomic E-state index is 10.0. The van der Waals surface area contributed by atoms with Gasteiger partial charge in [-0.1, -0.05) is 0 Å². The molecule has 1 aliphatic rings. The van der Waals surface area contributed by atoms with E-state index >= 15 is 0 Å². The lowest BCUT2D eigenvalue weighted by Gasteiger charge is -2.25. The number of hydrogen-bond acceptors (Lipinski definition) is 4. The summed E-state index contributed by atoms with van der Waals surface area (Å²) < 4.78 is 15.8. The van der Waals surface area contributed by atoms with Crippen molar-refractivity contribution in [2.45, 2.75) is 26.1 Å². The summed E-state index contributed by atoms with van der Waals surface area (Å²) >= 11 is 0. The summed E-state index contributed by atoms with van der Waals surface area (Å²) in [5.41, 5.74) is 0.703. The fraction of sp³-hybridized carbons (Fsp3) is 0.500. The molecule has 16 heavy (non-hydrogen) atoms. The summed E-state index contributed by atoms with van der Waals surface area (Å²) in [5.74, 6) is 1.41. The fourth-order valence-electron chi connectivity index (χ4n) is 1.75. The van der Waals surface area contributed by atoms with Crippen molar-refractivity contribution >= 4 is 0 Å². The van der Waals surface area contributed by atoms with Crippen molar-refractivity contribution in [3.05, 3.63) is 23.3 Å². The van der Waals surface area contributed by atoms with E-state index in [0.717, 1.165) is 16.9 Å². The SMILES string of the molecule is COc1cc2c(cc1C(C)(C)O)OCOC2. The second-order valence-electron chi connectivity index (χ2n) is 4.33. The Morgan fingerprint density at radius 3 is 2.75 bits per heavy atom. The third kappa shape index (κ3) is 1.99. The molecule has 0 atom stereocenters. The number of fused-ring (bicyclic) bond motifs is 1. The molecule has 0 unspecified atom stereocenters. The van der Waals surface area contributed by atoms with Gasteiger partial charge in [0.15, 0.2) is 6.79 Å². The van der Waals surface area contributed by atoms with Crippen molar-refractivity contribution < 1.29 is 19.3 Å². The molecule has 0 amide bonds. The van der Waals surface area contributed by atoms with E-state index in [1.807, 2.05) is 12.1 Å². The Hall–Kier alpha value is -1.26. The zero-order valence-electron chi connectivity index (χ0n) is 9.74. The first-order valence-corrected chi connectivity index (χ1v) is 5.16. The van der Waals surface area contributed by atoms with Gasteiger partial charge in [0.05, 0.1) is 19.3 Å². The standard InChI is InChI=1S/C12H16O4/c1-12(2,13)9-5-10-8(4-11(9)14-3)6-15-7-16-10/h4-5,13H,6-7H2,1-3H3. The second kappa shape index (κ2) is 3.96. The third-order valence-corrected chi connectivity index (χ3v) is 2.60. The van der Waals surface area contributed by atoms with Crippen LogP contribution in [0.25, 0.3) is 0 Å². The largest absolute Gasteiger partial charge is 0.496 e. The summed E-state index contributed by atoms with van der Waals surface area (Å²) in [6, 6.07) is 3.67. The monoisotopic (exact) mass is 224 g/mol. The van der Waals surface area contributed by atoms with Crippen LogP contribution in [0.5, 0.6) is 11.5 Å². The molecule has 0 aromatic heterocycles. The summed E-state index contributed by atoms with van der Waals surface area (Å²) in [5, 5.41) is 10.0. The van der Waals surface area contributed by atoms with Gasteiger partial charge in [-0.2, -0.15) is 0 Å². The number of benzene rings is 1. The molecule has 0 fully saturated rings. The van der Waals surface area contributed by atoms with Crippen molar-refractivity contribution in [2.24, 2.45) is 0 Å². The van der Waals surface area contributed by atoms with Crippen LogP contribution in [0.15, 0.2) is 12.1 Å². The molecule has 0 radical (unpaired) electrons. The quantitative estimate of drug-likeness (QED) is 0.832. The van der Waals surface area contributed by atoms with Crippen molar-refractivity contribution in [1.29, 1.82) is 0 Å². The first-order valence-electron chi connectivity index (χ1n) is 5.16. The number of hydrogen-bond donors (Lipinski definition) is 1. The van der Waals surface area contributed by atoms with E-state index in [2.05, 4.69) is 0 Å². The van der Waals surface area contributed by atoms with E-state index < -0.39 is 5.60 Å². The first-order chi connectivity index (χ1) is 7.52. The van der Waals surface area contributed by atoms with Crippen molar-refractivity contribution in [1.82, 2.24) is 0 Å². The van der Waals surface area contributed by atoms with Gasteiger partial charge in [0.1, 0.15) is 11.5 Å². The number of methoxy groups -OCH3 is 1. The second-order valence-corrected chi connectivity index (χ2v) is 4.33. The molecule has 0 saturated heterocycles. The first kappa shape index (κ1) is 11.2. The number of ether oxygens (including phenoxy) is 3. The maximum Gasteiger partial charge on any atom is 0.189 e. The van der Waals surface area contributed by atoms with Crippen LogP contribution in [0.4, 0.5) is 0 Å². The van der Waals surface area contributed by atoms with Crippen LogP contribution >= 0.6 is 0 Å². The van der Waals surface area contributed by atoms with Gasteiger partial charge in [-0.3, -0.25) is 0 Å². The summed E-state index contributed by atoms with van der Waals surface area (Å²) in [6.07, 6.45) is 0. The van der Waals surface area contributed by atoms with E-state index in [1.54, 1.807) is 21.0 Å². The molecule has 1 aromatic carbocycles. The van der Waals surface area contributed by atoms with Crippen LogP contribution < -0.4 is 9.47 Å². The van der Waals surface area contributed by atoms with Crippen molar-refractivity contribution in [2.75, 3.05) is 13.9 Å². The van der Waals surface area contributed by atoms with Gasteiger partial charge in [0.25, 0.3) is 0 Å². The van der Waals surface area contributed by atoms with Crippen LogP contribution in [-0.2, 0) is 16.9 Å². The minimum absolute atomic E-state index is 0.255. The highest BCUT2D eigenvalue weighted by molar-refractivity contribution is 5.48. The predicted octanol–water partition coefficient (Wildman–Crippen LogP) is 1.79. The normalized spacial score (nSPS) is 15.2. The molecule has 1 N–H and O–H groups in total. The topological polar surface area (TPSA) is 47.9 Å². The van der Waals surface area contributed by atoms with Crippen LogP contribution in [0.2, 0.25) is 0 Å². The van der Waals surface area contributed by atoms with E-state index in [1.165, 1.54) is 0 Å². The lowest BCUT2D eigenvalue weighted by Crippen LogP contribution is -2.19. The molecule has 1 heterocycles. The zero-order chi connectivity index (χ0) is 11.8. The van der Waals surface area contributed by atoms with E-state index in [4.69, 9.17) is 14.2 Å². The molecule has 4 nitrogen and oxygen atoms in total. The minimum atomic E-state index is -0.956. The highest BCUT2D eigenvalue weighted by atomic mass is 16.7. The Bertz CT molecular complexity index is 393. The highest BCUT2D eigenvalue weighted by Crippen LogP contribution is 2.36. The van der Waals surface area contributed by atoms with Gasteiger partial charge in [0, 0.05) is 11.1 Å². The average Bonchev–Trinajstić information content (AvgIpc) is 2.26. The molecule has 0 bridgehead atoms. The molecule has 1 aliphatic heterocycles. The van der Waals surface area contributed by atoms with E-state index in [-0.39, 0.29) is 6.79 Å². The van der Waals surface area contributed by atoms with Gasteiger partial charge < -0.3 is 19.3 Å². The van der Waals surface area contributed by atoms with E-state index in [0.29, 0.717) is 12.4 Å². The lowest BCUT2D eigenvalue weighted by atomic mass is 9.95. The Kier molecular flexibility index (Phi) is 2.78.